The molecule has 6 nitrogen and oxygen atoms in total. The molecule has 138 valence electrons. The summed E-state index contributed by atoms with van der Waals surface area (Å²) in [6.07, 6.45) is 3.30. The van der Waals surface area contributed by atoms with Crippen molar-refractivity contribution in [3.05, 3.63) is 64.1 Å². The molecule has 3 aromatic rings. The van der Waals surface area contributed by atoms with Crippen molar-refractivity contribution in [3.8, 4) is 0 Å². The van der Waals surface area contributed by atoms with Crippen LogP contribution in [-0.4, -0.2) is 38.8 Å². The number of hydrogen-bond acceptors (Lipinski definition) is 6. The number of fused-ring (bicyclic) bond motifs is 1. The fourth-order valence-corrected chi connectivity index (χ4v) is 3.97. The maximum absolute atomic E-state index is 12.8. The van der Waals surface area contributed by atoms with Crippen LogP contribution < -0.4 is 5.32 Å². The van der Waals surface area contributed by atoms with Crippen molar-refractivity contribution < 1.29 is 4.79 Å². The van der Waals surface area contributed by atoms with E-state index in [4.69, 9.17) is 0 Å². The molecular formula is C20H21N5OS. The molecule has 0 atom stereocenters. The lowest BCUT2D eigenvalue weighted by atomic mass is 10.1. The molecule has 0 spiro atoms. The number of thiazole rings is 1. The molecule has 0 aliphatic carbocycles. The van der Waals surface area contributed by atoms with E-state index in [2.05, 4.69) is 20.3 Å². The number of rotatable bonds is 3. The summed E-state index contributed by atoms with van der Waals surface area (Å²) in [5.74, 6) is 1.60. The first-order valence-electron chi connectivity index (χ1n) is 9.00. The van der Waals surface area contributed by atoms with Gasteiger partial charge in [0.25, 0.3) is 5.91 Å². The van der Waals surface area contributed by atoms with Gasteiger partial charge in [-0.3, -0.25) is 4.79 Å². The van der Waals surface area contributed by atoms with Crippen molar-refractivity contribution in [1.29, 1.82) is 0 Å². The van der Waals surface area contributed by atoms with Crippen molar-refractivity contribution in [1.82, 2.24) is 19.9 Å². The highest BCUT2D eigenvalue weighted by Crippen LogP contribution is 2.27. The number of anilines is 2. The fourth-order valence-electron chi connectivity index (χ4n) is 3.31. The van der Waals surface area contributed by atoms with Crippen molar-refractivity contribution >= 4 is 28.2 Å². The first-order valence-corrected chi connectivity index (χ1v) is 9.82. The van der Waals surface area contributed by atoms with Crippen LogP contribution >= 0.6 is 11.3 Å². The summed E-state index contributed by atoms with van der Waals surface area (Å²) in [5, 5.41) is 4.18. The third-order valence-corrected chi connectivity index (χ3v) is 5.44. The summed E-state index contributed by atoms with van der Waals surface area (Å²) in [7, 11) is 0. The van der Waals surface area contributed by atoms with Crippen molar-refractivity contribution in [2.45, 2.75) is 26.7 Å². The normalized spacial score (nSPS) is 13.8. The molecule has 3 heterocycles. The van der Waals surface area contributed by atoms with Gasteiger partial charge in [0.05, 0.1) is 5.69 Å². The van der Waals surface area contributed by atoms with Crippen molar-refractivity contribution in [2.24, 2.45) is 0 Å². The lowest BCUT2D eigenvalue weighted by Gasteiger charge is -2.20. The maximum atomic E-state index is 12.8. The number of hydrogen-bond donors (Lipinski definition) is 1. The first-order chi connectivity index (χ1) is 13.1. The molecule has 1 N–H and O–H groups in total. The van der Waals surface area contributed by atoms with Gasteiger partial charge >= 0.3 is 0 Å². The second kappa shape index (κ2) is 7.44. The van der Waals surface area contributed by atoms with Crippen LogP contribution in [0.3, 0.4) is 0 Å². The average molecular weight is 379 g/mol. The first kappa shape index (κ1) is 17.6. The van der Waals surface area contributed by atoms with E-state index < -0.39 is 0 Å². The molecule has 0 saturated carbocycles. The number of aryl methyl sites for hydroxylation is 2. The Morgan fingerprint density at radius 1 is 1.11 bits per heavy atom. The molecule has 0 saturated heterocycles. The van der Waals surface area contributed by atoms with Crippen molar-refractivity contribution in [3.63, 3.8) is 0 Å². The van der Waals surface area contributed by atoms with E-state index in [0.29, 0.717) is 13.1 Å². The molecule has 7 heteroatoms. The van der Waals surface area contributed by atoms with Crippen LogP contribution in [0.2, 0.25) is 0 Å². The van der Waals surface area contributed by atoms with E-state index in [1.54, 1.807) is 11.3 Å². The minimum atomic E-state index is 0.0677. The van der Waals surface area contributed by atoms with E-state index in [0.717, 1.165) is 51.3 Å². The predicted octanol–water partition coefficient (Wildman–Crippen LogP) is 3.53. The van der Waals surface area contributed by atoms with Gasteiger partial charge in [0, 0.05) is 41.7 Å². The Morgan fingerprint density at radius 2 is 1.89 bits per heavy atom. The zero-order valence-electron chi connectivity index (χ0n) is 15.4. The molecule has 0 fully saturated rings. The number of aromatic nitrogens is 3. The minimum Gasteiger partial charge on any atom is -0.338 e. The van der Waals surface area contributed by atoms with Gasteiger partial charge in [0.15, 0.2) is 5.13 Å². The third-order valence-electron chi connectivity index (χ3n) is 4.61. The SMILES string of the molecule is Cc1nc2c(c(Nc3ncc(C)s3)n1)CCN(C(=O)c1ccccc1)CC2. The zero-order valence-corrected chi connectivity index (χ0v) is 16.2. The summed E-state index contributed by atoms with van der Waals surface area (Å²) in [5.41, 5.74) is 2.82. The average Bonchev–Trinajstić information content (AvgIpc) is 2.95. The molecular weight excluding hydrogens is 358 g/mol. The van der Waals surface area contributed by atoms with Crippen LogP contribution in [0, 0.1) is 13.8 Å². The van der Waals surface area contributed by atoms with E-state index >= 15 is 0 Å². The Hall–Kier alpha value is -2.80. The van der Waals surface area contributed by atoms with E-state index in [1.165, 1.54) is 0 Å². The minimum absolute atomic E-state index is 0.0677. The standard InChI is InChI=1S/C20H21N5OS/c1-13-12-21-20(27-13)24-18-16-8-10-25(11-9-17(16)22-14(2)23-18)19(26)15-6-4-3-5-7-15/h3-7,12H,8-11H2,1-2H3,(H,21,22,23,24). The summed E-state index contributed by atoms with van der Waals surface area (Å²) >= 11 is 1.60. The third kappa shape index (κ3) is 3.83. The number of nitrogens with one attached hydrogen (secondary N) is 1. The largest absolute Gasteiger partial charge is 0.338 e. The summed E-state index contributed by atoms with van der Waals surface area (Å²) < 4.78 is 0. The highest BCUT2D eigenvalue weighted by Gasteiger charge is 2.23. The Morgan fingerprint density at radius 3 is 2.63 bits per heavy atom. The molecule has 27 heavy (non-hydrogen) atoms. The monoisotopic (exact) mass is 379 g/mol. The summed E-state index contributed by atoms with van der Waals surface area (Å²) in [4.78, 5) is 29.5. The van der Waals surface area contributed by atoms with Gasteiger partial charge in [0.2, 0.25) is 0 Å². The molecule has 0 bridgehead atoms. The van der Waals surface area contributed by atoms with Crippen LogP contribution in [0.15, 0.2) is 36.5 Å². The number of amides is 1. The van der Waals surface area contributed by atoms with Crippen LogP contribution in [0.5, 0.6) is 0 Å². The molecule has 4 rings (SSSR count). The topological polar surface area (TPSA) is 71.0 Å². The lowest BCUT2D eigenvalue weighted by Crippen LogP contribution is -2.33. The molecule has 1 amide bonds. The van der Waals surface area contributed by atoms with E-state index in [-0.39, 0.29) is 5.91 Å². The number of benzene rings is 1. The van der Waals surface area contributed by atoms with Crippen LogP contribution in [0.4, 0.5) is 10.9 Å². The quantitative estimate of drug-likeness (QED) is 0.754. The molecule has 0 unspecified atom stereocenters. The second-order valence-electron chi connectivity index (χ2n) is 6.60. The second-order valence-corrected chi connectivity index (χ2v) is 7.84. The number of carbonyl (C=O) groups excluding carboxylic acids is 1. The summed E-state index contributed by atoms with van der Waals surface area (Å²) in [6, 6.07) is 9.44. The summed E-state index contributed by atoms with van der Waals surface area (Å²) in [6.45, 7) is 5.24. The number of nitrogens with zero attached hydrogens (tertiary/aromatic N) is 4. The van der Waals surface area contributed by atoms with Gasteiger partial charge in [-0.15, -0.1) is 11.3 Å². The fraction of sp³-hybridized carbons (Fsp3) is 0.300. The van der Waals surface area contributed by atoms with Gasteiger partial charge < -0.3 is 10.2 Å². The van der Waals surface area contributed by atoms with Gasteiger partial charge in [-0.2, -0.15) is 0 Å². The number of carbonyl (C=O) groups is 1. The van der Waals surface area contributed by atoms with Gasteiger partial charge in [-0.05, 0) is 32.4 Å². The highest BCUT2D eigenvalue weighted by molar-refractivity contribution is 7.15. The Balaban J connectivity index is 1.58. The molecule has 1 aliphatic heterocycles. The van der Waals surface area contributed by atoms with Crippen LogP contribution in [-0.2, 0) is 12.8 Å². The molecule has 0 radical (unpaired) electrons. The van der Waals surface area contributed by atoms with Crippen molar-refractivity contribution in [2.75, 3.05) is 18.4 Å². The Bertz CT molecular complexity index is 970. The molecule has 2 aromatic heterocycles. The lowest BCUT2D eigenvalue weighted by molar-refractivity contribution is 0.0763. The molecule has 1 aliphatic rings. The Kier molecular flexibility index (Phi) is 4.85. The maximum Gasteiger partial charge on any atom is 0.253 e. The predicted molar refractivity (Wildman–Crippen MR) is 107 cm³/mol. The van der Waals surface area contributed by atoms with Gasteiger partial charge in [0.1, 0.15) is 11.6 Å². The van der Waals surface area contributed by atoms with Gasteiger partial charge in [-0.1, -0.05) is 18.2 Å². The smallest absolute Gasteiger partial charge is 0.253 e. The highest BCUT2D eigenvalue weighted by atomic mass is 32.1. The van der Waals surface area contributed by atoms with E-state index in [9.17, 15) is 4.79 Å². The molecule has 1 aromatic carbocycles. The van der Waals surface area contributed by atoms with Crippen LogP contribution in [0.1, 0.15) is 32.3 Å². The Labute approximate surface area is 162 Å². The van der Waals surface area contributed by atoms with E-state index in [1.807, 2.05) is 55.3 Å². The van der Waals surface area contributed by atoms with Crippen LogP contribution in [0.25, 0.3) is 0 Å². The zero-order chi connectivity index (χ0) is 18.8. The van der Waals surface area contributed by atoms with Gasteiger partial charge in [-0.25, -0.2) is 15.0 Å².